The minimum absolute atomic E-state index is 0.437. The molecule has 0 saturated carbocycles. The lowest BCUT2D eigenvalue weighted by atomic mass is 10.2. The van der Waals surface area contributed by atoms with Crippen LogP contribution >= 0.6 is 0 Å². The van der Waals surface area contributed by atoms with E-state index in [0.29, 0.717) is 12.1 Å². The molecule has 106 valence electrons. The van der Waals surface area contributed by atoms with Gasteiger partial charge in [0.15, 0.2) is 11.6 Å². The molecule has 1 aromatic carbocycles. The summed E-state index contributed by atoms with van der Waals surface area (Å²) in [5.74, 6) is -4.64. The van der Waals surface area contributed by atoms with Crippen LogP contribution in [-0.2, 0) is 10.0 Å². The zero-order chi connectivity index (χ0) is 15.0. The second-order valence-electron chi connectivity index (χ2n) is 4.19. The average molecular weight is 293 g/mol. The van der Waals surface area contributed by atoms with Crippen molar-refractivity contribution in [1.29, 1.82) is 0 Å². The number of halogens is 2. The van der Waals surface area contributed by atoms with Gasteiger partial charge in [-0.25, -0.2) is 22.0 Å². The van der Waals surface area contributed by atoms with Gasteiger partial charge in [-0.2, -0.15) is 4.31 Å². The summed E-state index contributed by atoms with van der Waals surface area (Å²) in [5, 5.41) is 8.74. The number of nitrogens with zero attached hydrogens (tertiary/aromatic N) is 1. The van der Waals surface area contributed by atoms with Gasteiger partial charge in [0, 0.05) is 13.1 Å². The fraction of sp³-hybridized carbons (Fsp3) is 0.364. The van der Waals surface area contributed by atoms with Crippen molar-refractivity contribution in [3.63, 3.8) is 0 Å². The lowest BCUT2D eigenvalue weighted by Crippen LogP contribution is -2.33. The zero-order valence-electron chi connectivity index (χ0n) is 10.5. The van der Waals surface area contributed by atoms with E-state index in [1.54, 1.807) is 13.8 Å². The standard InChI is InChI=1S/C11H13F2NO4S/c1-6(2)14(3)19(17,18)9-5-7(11(15)16)4-8(12)10(9)13/h4-6H,1-3H3,(H,15,16). The maximum atomic E-state index is 13.6. The first kappa shape index (κ1) is 15.5. The molecular formula is C11H13F2NO4S. The van der Waals surface area contributed by atoms with Crippen molar-refractivity contribution >= 4 is 16.0 Å². The summed E-state index contributed by atoms with van der Waals surface area (Å²) >= 11 is 0. The van der Waals surface area contributed by atoms with E-state index < -0.39 is 44.1 Å². The summed E-state index contributed by atoms with van der Waals surface area (Å²) in [5.41, 5.74) is -0.630. The maximum absolute atomic E-state index is 13.6. The van der Waals surface area contributed by atoms with E-state index in [1.807, 2.05) is 0 Å². The van der Waals surface area contributed by atoms with E-state index in [0.717, 1.165) is 4.31 Å². The zero-order valence-corrected chi connectivity index (χ0v) is 11.3. The highest BCUT2D eigenvalue weighted by molar-refractivity contribution is 7.89. The van der Waals surface area contributed by atoms with E-state index in [9.17, 15) is 22.0 Å². The third-order valence-electron chi connectivity index (χ3n) is 2.63. The molecule has 0 aliphatic heterocycles. The van der Waals surface area contributed by atoms with Crippen LogP contribution in [0.3, 0.4) is 0 Å². The Hall–Kier alpha value is -1.54. The van der Waals surface area contributed by atoms with Crippen molar-refractivity contribution in [2.45, 2.75) is 24.8 Å². The minimum Gasteiger partial charge on any atom is -0.478 e. The van der Waals surface area contributed by atoms with Gasteiger partial charge in [0.05, 0.1) is 5.56 Å². The minimum atomic E-state index is -4.29. The molecule has 0 saturated heterocycles. The van der Waals surface area contributed by atoms with Gasteiger partial charge in [-0.05, 0) is 26.0 Å². The molecule has 0 amide bonds. The number of hydrogen-bond acceptors (Lipinski definition) is 3. The predicted molar refractivity (Wildman–Crippen MR) is 63.4 cm³/mol. The number of rotatable bonds is 4. The van der Waals surface area contributed by atoms with Gasteiger partial charge in [-0.3, -0.25) is 0 Å². The summed E-state index contributed by atoms with van der Waals surface area (Å²) in [7, 11) is -3.09. The monoisotopic (exact) mass is 293 g/mol. The van der Waals surface area contributed by atoms with Crippen LogP contribution in [0.1, 0.15) is 24.2 Å². The highest BCUT2D eigenvalue weighted by Gasteiger charge is 2.29. The largest absolute Gasteiger partial charge is 0.478 e. The number of carbonyl (C=O) groups is 1. The Morgan fingerprint density at radius 1 is 1.32 bits per heavy atom. The molecule has 1 rings (SSSR count). The molecule has 0 aromatic heterocycles. The fourth-order valence-corrected chi connectivity index (χ4v) is 2.77. The SMILES string of the molecule is CC(C)N(C)S(=O)(=O)c1cc(C(=O)O)cc(F)c1F. The molecule has 0 bridgehead atoms. The third-order valence-corrected chi connectivity index (χ3v) is 4.66. The number of carboxylic acids is 1. The Kier molecular flexibility index (Phi) is 4.26. The molecule has 0 aliphatic carbocycles. The first-order valence-corrected chi connectivity index (χ1v) is 6.73. The van der Waals surface area contributed by atoms with E-state index in [2.05, 4.69) is 0 Å². The van der Waals surface area contributed by atoms with Crippen LogP contribution in [0.25, 0.3) is 0 Å². The van der Waals surface area contributed by atoms with Crippen molar-refractivity contribution in [3.05, 3.63) is 29.3 Å². The second-order valence-corrected chi connectivity index (χ2v) is 6.16. The van der Waals surface area contributed by atoms with Crippen molar-refractivity contribution in [2.75, 3.05) is 7.05 Å². The lowest BCUT2D eigenvalue weighted by Gasteiger charge is -2.21. The molecular weight excluding hydrogens is 280 g/mol. The van der Waals surface area contributed by atoms with Crippen molar-refractivity contribution in [3.8, 4) is 0 Å². The number of hydrogen-bond donors (Lipinski definition) is 1. The second kappa shape index (κ2) is 5.22. The van der Waals surface area contributed by atoms with Crippen LogP contribution in [-0.4, -0.2) is 36.9 Å². The molecule has 0 heterocycles. The van der Waals surface area contributed by atoms with Crippen molar-refractivity contribution in [2.24, 2.45) is 0 Å². The molecule has 0 radical (unpaired) electrons. The quantitative estimate of drug-likeness (QED) is 0.916. The van der Waals surface area contributed by atoms with E-state index in [4.69, 9.17) is 5.11 Å². The molecule has 8 heteroatoms. The van der Waals surface area contributed by atoms with Gasteiger partial charge in [0.25, 0.3) is 0 Å². The average Bonchev–Trinajstić information content (AvgIpc) is 2.30. The number of benzene rings is 1. The van der Waals surface area contributed by atoms with Crippen LogP contribution in [0.15, 0.2) is 17.0 Å². The van der Waals surface area contributed by atoms with Gasteiger partial charge < -0.3 is 5.11 Å². The number of carboxylic acid groups (broad SMARTS) is 1. The molecule has 0 aliphatic rings. The molecule has 19 heavy (non-hydrogen) atoms. The van der Waals surface area contributed by atoms with Crippen molar-refractivity contribution in [1.82, 2.24) is 4.31 Å². The molecule has 0 atom stereocenters. The Morgan fingerprint density at radius 2 is 1.84 bits per heavy atom. The van der Waals surface area contributed by atoms with Gasteiger partial charge in [-0.1, -0.05) is 0 Å². The Morgan fingerprint density at radius 3 is 2.26 bits per heavy atom. The number of sulfonamides is 1. The Bertz CT molecular complexity index is 613. The highest BCUT2D eigenvalue weighted by Crippen LogP contribution is 2.23. The molecule has 0 spiro atoms. The third kappa shape index (κ3) is 2.90. The molecule has 5 nitrogen and oxygen atoms in total. The summed E-state index contributed by atoms with van der Waals surface area (Å²) in [4.78, 5) is 9.76. The predicted octanol–water partition coefficient (Wildman–Crippen LogP) is 1.69. The van der Waals surface area contributed by atoms with E-state index >= 15 is 0 Å². The maximum Gasteiger partial charge on any atom is 0.335 e. The van der Waals surface area contributed by atoms with Gasteiger partial charge in [0.1, 0.15) is 4.90 Å². The summed E-state index contributed by atoms with van der Waals surface area (Å²) in [6.07, 6.45) is 0. The van der Waals surface area contributed by atoms with Crippen LogP contribution in [0, 0.1) is 11.6 Å². The van der Waals surface area contributed by atoms with Crippen LogP contribution in [0.5, 0.6) is 0 Å². The summed E-state index contributed by atoms with van der Waals surface area (Å²) in [6, 6.07) is 0.557. The molecule has 0 fully saturated rings. The summed E-state index contributed by atoms with van der Waals surface area (Å²) < 4.78 is 51.8. The van der Waals surface area contributed by atoms with Gasteiger partial charge in [0.2, 0.25) is 10.0 Å². The first-order chi connectivity index (χ1) is 8.59. The Labute approximate surface area is 109 Å². The van der Waals surface area contributed by atoms with Crippen molar-refractivity contribution < 1.29 is 27.1 Å². The number of aromatic carboxylic acids is 1. The highest BCUT2D eigenvalue weighted by atomic mass is 32.2. The fourth-order valence-electron chi connectivity index (χ4n) is 1.31. The molecule has 0 unspecified atom stereocenters. The normalized spacial score (nSPS) is 12.2. The topological polar surface area (TPSA) is 74.7 Å². The first-order valence-electron chi connectivity index (χ1n) is 5.29. The molecule has 1 aromatic rings. The van der Waals surface area contributed by atoms with Gasteiger partial charge in [-0.15, -0.1) is 0 Å². The lowest BCUT2D eigenvalue weighted by molar-refractivity contribution is 0.0696. The van der Waals surface area contributed by atoms with Crippen LogP contribution < -0.4 is 0 Å². The molecule has 1 N–H and O–H groups in total. The van der Waals surface area contributed by atoms with Gasteiger partial charge >= 0.3 is 5.97 Å². The van der Waals surface area contributed by atoms with Crippen LogP contribution in [0.4, 0.5) is 8.78 Å². The summed E-state index contributed by atoms with van der Waals surface area (Å²) in [6.45, 7) is 3.10. The Balaban J connectivity index is 3.54. The van der Waals surface area contributed by atoms with E-state index in [1.165, 1.54) is 7.05 Å². The smallest absolute Gasteiger partial charge is 0.335 e. The van der Waals surface area contributed by atoms with Crippen LogP contribution in [0.2, 0.25) is 0 Å². The van der Waals surface area contributed by atoms with E-state index in [-0.39, 0.29) is 0 Å².